The fourth-order valence-electron chi connectivity index (χ4n) is 1.69. The molecule has 1 N–H and O–H groups in total. The molecule has 1 atom stereocenters. The third-order valence-corrected chi connectivity index (χ3v) is 4.03. The van der Waals surface area contributed by atoms with Gasteiger partial charge in [-0.15, -0.1) is 11.3 Å². The van der Waals surface area contributed by atoms with Crippen molar-refractivity contribution >= 4 is 17.2 Å². The molecule has 0 saturated carbocycles. The summed E-state index contributed by atoms with van der Waals surface area (Å²) in [5.74, 6) is -0.0359. The second-order valence-corrected chi connectivity index (χ2v) is 5.91. The van der Waals surface area contributed by atoms with Crippen LogP contribution in [0, 0.1) is 6.92 Å². The van der Waals surface area contributed by atoms with Gasteiger partial charge >= 0.3 is 0 Å². The van der Waals surface area contributed by atoms with Gasteiger partial charge in [0.05, 0.1) is 10.6 Å². The van der Waals surface area contributed by atoms with Crippen molar-refractivity contribution in [1.29, 1.82) is 0 Å². The fraction of sp³-hybridized carbons (Fsp3) is 0.333. The van der Waals surface area contributed by atoms with Crippen molar-refractivity contribution in [1.82, 2.24) is 10.3 Å². The summed E-state index contributed by atoms with van der Waals surface area (Å²) in [6.07, 6.45) is 2.61. The third-order valence-electron chi connectivity index (χ3n) is 3.00. The first-order chi connectivity index (χ1) is 9.10. The summed E-state index contributed by atoms with van der Waals surface area (Å²) in [4.78, 5) is 18.7. The van der Waals surface area contributed by atoms with E-state index >= 15 is 0 Å². The Morgan fingerprint density at radius 1 is 1.42 bits per heavy atom. The molecule has 100 valence electrons. The molecule has 0 aliphatic heterocycles. The zero-order valence-electron chi connectivity index (χ0n) is 11.4. The van der Waals surface area contributed by atoms with Crippen molar-refractivity contribution in [2.24, 2.45) is 0 Å². The summed E-state index contributed by atoms with van der Waals surface area (Å²) in [6, 6.07) is 7.89. The van der Waals surface area contributed by atoms with Gasteiger partial charge in [0.2, 0.25) is 0 Å². The minimum atomic E-state index is -0.0359. The van der Waals surface area contributed by atoms with Crippen LogP contribution < -0.4 is 5.32 Å². The highest BCUT2D eigenvalue weighted by atomic mass is 32.1. The molecule has 0 aromatic carbocycles. The highest BCUT2D eigenvalue weighted by Gasteiger charge is 2.10. The van der Waals surface area contributed by atoms with Crippen LogP contribution in [0.2, 0.25) is 0 Å². The Hall–Kier alpha value is -1.68. The molecule has 0 aliphatic rings. The number of amides is 1. The van der Waals surface area contributed by atoms with Crippen LogP contribution in [0.4, 0.5) is 0 Å². The maximum atomic E-state index is 12.1. The lowest BCUT2D eigenvalue weighted by Gasteiger charge is -2.11. The zero-order valence-corrected chi connectivity index (χ0v) is 12.3. The van der Waals surface area contributed by atoms with Gasteiger partial charge < -0.3 is 5.32 Å². The highest BCUT2D eigenvalue weighted by molar-refractivity contribution is 7.15. The van der Waals surface area contributed by atoms with Gasteiger partial charge in [-0.2, -0.15) is 0 Å². The van der Waals surface area contributed by atoms with Crippen molar-refractivity contribution in [3.63, 3.8) is 0 Å². The molecule has 2 heterocycles. The molecule has 2 aromatic heterocycles. The van der Waals surface area contributed by atoms with E-state index in [-0.39, 0.29) is 11.9 Å². The lowest BCUT2D eigenvalue weighted by atomic mass is 10.1. The maximum Gasteiger partial charge on any atom is 0.251 e. The Balaban J connectivity index is 2.22. The topological polar surface area (TPSA) is 42.0 Å². The number of carbonyl (C=O) groups is 1. The van der Waals surface area contributed by atoms with Gasteiger partial charge in [0.1, 0.15) is 0 Å². The first kappa shape index (κ1) is 13.7. The van der Waals surface area contributed by atoms with Crippen LogP contribution in [0.1, 0.15) is 35.5 Å². The van der Waals surface area contributed by atoms with Gasteiger partial charge in [-0.3, -0.25) is 9.78 Å². The predicted molar refractivity (Wildman–Crippen MR) is 79.5 cm³/mol. The molecule has 4 heteroatoms. The second kappa shape index (κ2) is 5.97. The third kappa shape index (κ3) is 3.41. The van der Waals surface area contributed by atoms with Gasteiger partial charge in [0.15, 0.2) is 0 Å². The van der Waals surface area contributed by atoms with E-state index in [2.05, 4.69) is 30.2 Å². The van der Waals surface area contributed by atoms with Crippen LogP contribution in [0.5, 0.6) is 0 Å². The molecule has 0 unspecified atom stereocenters. The van der Waals surface area contributed by atoms with Gasteiger partial charge in [0.25, 0.3) is 5.91 Å². The molecule has 0 aliphatic carbocycles. The predicted octanol–water partition coefficient (Wildman–Crippen LogP) is 3.65. The van der Waals surface area contributed by atoms with Crippen LogP contribution >= 0.6 is 11.3 Å². The number of carbonyl (C=O) groups excluding carboxylic acids is 1. The lowest BCUT2D eigenvalue weighted by Crippen LogP contribution is -2.31. The van der Waals surface area contributed by atoms with Crippen LogP contribution in [0.25, 0.3) is 10.6 Å². The molecule has 0 saturated heterocycles. The molecular weight excluding hydrogens is 256 g/mol. The molecular formula is C15H18N2OS. The zero-order chi connectivity index (χ0) is 13.8. The van der Waals surface area contributed by atoms with Crippen molar-refractivity contribution in [2.75, 3.05) is 0 Å². The molecule has 3 nitrogen and oxygen atoms in total. The Bertz CT molecular complexity index is 577. The summed E-state index contributed by atoms with van der Waals surface area (Å²) < 4.78 is 0. The summed E-state index contributed by atoms with van der Waals surface area (Å²) in [7, 11) is 0. The number of nitrogens with zero attached hydrogens (tertiary/aromatic N) is 1. The molecule has 2 rings (SSSR count). The first-order valence-electron chi connectivity index (χ1n) is 6.44. The van der Waals surface area contributed by atoms with Gasteiger partial charge in [-0.1, -0.05) is 6.92 Å². The number of thiophene rings is 1. The van der Waals surface area contributed by atoms with Crippen molar-refractivity contribution < 1.29 is 4.79 Å². The quantitative estimate of drug-likeness (QED) is 0.924. The number of aryl methyl sites for hydroxylation is 1. The Morgan fingerprint density at radius 3 is 2.84 bits per heavy atom. The standard InChI is InChI=1S/C15H18N2OS/c1-4-10(2)17-15(18)12-7-8-16-13(9-12)14-6-5-11(3)19-14/h5-10H,4H2,1-3H3,(H,17,18)/t10-/m1/s1. The maximum absolute atomic E-state index is 12.1. The van der Waals surface area contributed by atoms with E-state index in [1.165, 1.54) is 4.88 Å². The molecule has 2 aromatic rings. The van der Waals surface area contributed by atoms with Crippen LogP contribution in [-0.2, 0) is 0 Å². The van der Waals surface area contributed by atoms with E-state index in [1.807, 2.05) is 19.1 Å². The fourth-order valence-corrected chi connectivity index (χ4v) is 2.52. The smallest absolute Gasteiger partial charge is 0.251 e. The number of nitrogens with one attached hydrogen (secondary N) is 1. The monoisotopic (exact) mass is 274 g/mol. The molecule has 0 fully saturated rings. The van der Waals surface area contributed by atoms with Crippen molar-refractivity contribution in [3.05, 3.63) is 40.9 Å². The first-order valence-corrected chi connectivity index (χ1v) is 7.25. The van der Waals surface area contributed by atoms with Crippen LogP contribution in [0.15, 0.2) is 30.5 Å². The molecule has 1 amide bonds. The number of aromatic nitrogens is 1. The van der Waals surface area contributed by atoms with Gasteiger partial charge in [-0.25, -0.2) is 0 Å². The summed E-state index contributed by atoms with van der Waals surface area (Å²) in [6.45, 7) is 6.12. The SMILES string of the molecule is CC[C@@H](C)NC(=O)c1ccnc(-c2ccc(C)s2)c1. The lowest BCUT2D eigenvalue weighted by molar-refractivity contribution is 0.0939. The van der Waals surface area contributed by atoms with Gasteiger partial charge in [-0.05, 0) is 44.5 Å². The van der Waals surface area contributed by atoms with Crippen molar-refractivity contribution in [3.8, 4) is 10.6 Å². The molecule has 19 heavy (non-hydrogen) atoms. The van der Waals surface area contributed by atoms with E-state index in [1.54, 1.807) is 23.6 Å². The minimum Gasteiger partial charge on any atom is -0.350 e. The average molecular weight is 274 g/mol. The minimum absolute atomic E-state index is 0.0359. The Kier molecular flexibility index (Phi) is 4.32. The Morgan fingerprint density at radius 2 is 2.21 bits per heavy atom. The molecule has 0 radical (unpaired) electrons. The number of pyridine rings is 1. The van der Waals surface area contributed by atoms with Crippen LogP contribution in [0.3, 0.4) is 0 Å². The molecule has 0 spiro atoms. The van der Waals surface area contributed by atoms with Crippen molar-refractivity contribution in [2.45, 2.75) is 33.2 Å². The highest BCUT2D eigenvalue weighted by Crippen LogP contribution is 2.26. The summed E-state index contributed by atoms with van der Waals surface area (Å²) >= 11 is 1.69. The van der Waals surface area contributed by atoms with E-state index < -0.39 is 0 Å². The Labute approximate surface area is 117 Å². The van der Waals surface area contributed by atoms with E-state index in [9.17, 15) is 4.79 Å². The van der Waals surface area contributed by atoms with E-state index in [0.717, 1.165) is 17.0 Å². The number of hydrogen-bond donors (Lipinski definition) is 1. The summed E-state index contributed by atoms with van der Waals surface area (Å²) in [5, 5.41) is 2.97. The van der Waals surface area contributed by atoms with Gasteiger partial charge in [0, 0.05) is 22.7 Å². The average Bonchev–Trinajstić information content (AvgIpc) is 2.85. The normalized spacial score (nSPS) is 12.2. The number of hydrogen-bond acceptors (Lipinski definition) is 3. The van der Waals surface area contributed by atoms with E-state index in [0.29, 0.717) is 5.56 Å². The van der Waals surface area contributed by atoms with E-state index in [4.69, 9.17) is 0 Å². The summed E-state index contributed by atoms with van der Waals surface area (Å²) in [5.41, 5.74) is 1.52. The second-order valence-electron chi connectivity index (χ2n) is 4.62. The number of rotatable bonds is 4. The molecule has 0 bridgehead atoms. The largest absolute Gasteiger partial charge is 0.350 e. The van der Waals surface area contributed by atoms with Crippen LogP contribution in [-0.4, -0.2) is 16.9 Å².